The summed E-state index contributed by atoms with van der Waals surface area (Å²) in [6, 6.07) is 28.3. The van der Waals surface area contributed by atoms with Crippen LogP contribution in [-0.2, 0) is 32.6 Å². The van der Waals surface area contributed by atoms with Gasteiger partial charge in [0.15, 0.2) is 0 Å². The van der Waals surface area contributed by atoms with Crippen LogP contribution in [0.3, 0.4) is 0 Å². The van der Waals surface area contributed by atoms with Crippen LogP contribution in [0.25, 0.3) is 0 Å². The van der Waals surface area contributed by atoms with E-state index >= 15 is 0 Å². The van der Waals surface area contributed by atoms with Crippen LogP contribution in [0.2, 0.25) is 10.0 Å². The molecule has 45 heavy (non-hydrogen) atoms. The summed E-state index contributed by atoms with van der Waals surface area (Å²) in [5, 5.41) is 3.68. The van der Waals surface area contributed by atoms with Gasteiger partial charge in [0.1, 0.15) is 12.6 Å². The molecule has 0 aliphatic rings. The van der Waals surface area contributed by atoms with E-state index in [1.165, 1.54) is 17.0 Å². The topological polar surface area (TPSA) is 86.8 Å². The average Bonchev–Trinajstić information content (AvgIpc) is 3.02. The third kappa shape index (κ3) is 9.10. The number of halogens is 2. The quantitative estimate of drug-likeness (QED) is 0.168. The fraction of sp³-hybridized carbons (Fsp3) is 0.257. The number of benzene rings is 4. The summed E-state index contributed by atoms with van der Waals surface area (Å²) in [5.41, 5.74) is 2.63. The molecule has 0 saturated carbocycles. The maximum absolute atomic E-state index is 14.5. The normalized spacial score (nSPS) is 12.0. The summed E-state index contributed by atoms with van der Waals surface area (Å²) in [4.78, 5) is 29.8. The molecule has 4 aromatic rings. The molecule has 1 N–H and O–H groups in total. The standard InChI is InChI=1S/C35H37Cl2N3O4S/c1-25(2)22-38-35(42)33(21-27-9-5-4-6-10-27)39(23-28-15-17-29(36)18-16-28)34(41)24-40(32-12-8-7-11-31(32)37)45(43,44)30-19-13-26(3)14-20-30/h4-20,25,33H,21-24H2,1-3H3,(H,38,42). The van der Waals surface area contributed by atoms with E-state index in [0.717, 1.165) is 21.0 Å². The van der Waals surface area contributed by atoms with E-state index in [2.05, 4.69) is 5.32 Å². The summed E-state index contributed by atoms with van der Waals surface area (Å²) < 4.78 is 29.3. The van der Waals surface area contributed by atoms with E-state index in [9.17, 15) is 18.0 Å². The molecule has 10 heteroatoms. The van der Waals surface area contributed by atoms with E-state index < -0.39 is 28.5 Å². The van der Waals surface area contributed by atoms with Crippen molar-refractivity contribution in [3.05, 3.63) is 130 Å². The number of para-hydroxylation sites is 1. The number of hydrogen-bond donors (Lipinski definition) is 1. The molecule has 1 atom stereocenters. The minimum atomic E-state index is -4.24. The maximum atomic E-state index is 14.5. The van der Waals surface area contributed by atoms with Crippen LogP contribution in [0, 0.1) is 12.8 Å². The molecule has 0 aliphatic heterocycles. The Morgan fingerprint density at radius 2 is 1.42 bits per heavy atom. The highest BCUT2D eigenvalue weighted by Gasteiger charge is 2.35. The van der Waals surface area contributed by atoms with Crippen molar-refractivity contribution in [2.24, 2.45) is 5.92 Å². The highest BCUT2D eigenvalue weighted by Crippen LogP contribution is 2.31. The summed E-state index contributed by atoms with van der Waals surface area (Å²) in [6.07, 6.45) is 0.223. The lowest BCUT2D eigenvalue weighted by atomic mass is 10.0. The van der Waals surface area contributed by atoms with Gasteiger partial charge in [-0.15, -0.1) is 0 Å². The van der Waals surface area contributed by atoms with Crippen LogP contribution in [0.4, 0.5) is 5.69 Å². The lowest BCUT2D eigenvalue weighted by molar-refractivity contribution is -0.140. The third-order valence-corrected chi connectivity index (χ3v) is 9.58. The number of hydrogen-bond acceptors (Lipinski definition) is 4. The van der Waals surface area contributed by atoms with Gasteiger partial charge in [-0.25, -0.2) is 8.42 Å². The van der Waals surface area contributed by atoms with Gasteiger partial charge in [-0.2, -0.15) is 0 Å². The molecule has 0 aliphatic carbocycles. The fourth-order valence-corrected chi connectivity index (χ4v) is 6.61. The van der Waals surface area contributed by atoms with Crippen LogP contribution in [0.15, 0.2) is 108 Å². The first kappa shape index (κ1) is 34.0. The number of anilines is 1. The number of carbonyl (C=O) groups is 2. The van der Waals surface area contributed by atoms with Gasteiger partial charge in [-0.05, 0) is 60.4 Å². The van der Waals surface area contributed by atoms with Gasteiger partial charge in [-0.3, -0.25) is 13.9 Å². The molecule has 0 saturated heterocycles. The van der Waals surface area contributed by atoms with Gasteiger partial charge in [0.05, 0.1) is 15.6 Å². The van der Waals surface area contributed by atoms with Crippen LogP contribution < -0.4 is 9.62 Å². The van der Waals surface area contributed by atoms with Gasteiger partial charge in [0.2, 0.25) is 11.8 Å². The first-order valence-electron chi connectivity index (χ1n) is 14.6. The van der Waals surface area contributed by atoms with Crippen molar-refractivity contribution in [1.29, 1.82) is 0 Å². The smallest absolute Gasteiger partial charge is 0.264 e. The lowest BCUT2D eigenvalue weighted by Crippen LogP contribution is -2.53. The Kier molecular flexibility index (Phi) is 11.7. The predicted molar refractivity (Wildman–Crippen MR) is 181 cm³/mol. The molecule has 0 aromatic heterocycles. The second-order valence-electron chi connectivity index (χ2n) is 11.3. The SMILES string of the molecule is Cc1ccc(S(=O)(=O)N(CC(=O)N(Cc2ccc(Cl)cc2)C(Cc2ccccc2)C(=O)NCC(C)C)c2ccccc2Cl)cc1. The molecular weight excluding hydrogens is 629 g/mol. The van der Waals surface area contributed by atoms with Crippen molar-refractivity contribution in [3.8, 4) is 0 Å². The zero-order valence-electron chi connectivity index (χ0n) is 25.5. The van der Waals surface area contributed by atoms with E-state index in [4.69, 9.17) is 23.2 Å². The van der Waals surface area contributed by atoms with E-state index in [1.807, 2.05) is 51.1 Å². The third-order valence-electron chi connectivity index (χ3n) is 7.23. The first-order valence-corrected chi connectivity index (χ1v) is 16.8. The molecular formula is C35H37Cl2N3O4S. The molecule has 0 heterocycles. The highest BCUT2D eigenvalue weighted by molar-refractivity contribution is 7.92. The Balaban J connectivity index is 1.80. The molecule has 1 unspecified atom stereocenters. The highest BCUT2D eigenvalue weighted by atomic mass is 35.5. The van der Waals surface area contributed by atoms with Gasteiger partial charge >= 0.3 is 0 Å². The summed E-state index contributed by atoms with van der Waals surface area (Å²) >= 11 is 12.7. The second kappa shape index (κ2) is 15.4. The number of nitrogens with one attached hydrogen (secondary N) is 1. The molecule has 4 rings (SSSR count). The lowest BCUT2D eigenvalue weighted by Gasteiger charge is -2.34. The minimum Gasteiger partial charge on any atom is -0.354 e. The largest absolute Gasteiger partial charge is 0.354 e. The fourth-order valence-electron chi connectivity index (χ4n) is 4.77. The van der Waals surface area contributed by atoms with Gasteiger partial charge in [0.25, 0.3) is 10.0 Å². The number of aryl methyl sites for hydroxylation is 1. The summed E-state index contributed by atoms with van der Waals surface area (Å²) in [7, 11) is -4.24. The molecule has 0 radical (unpaired) electrons. The number of carbonyl (C=O) groups excluding carboxylic acids is 2. The molecule has 0 spiro atoms. The number of nitrogens with zero attached hydrogens (tertiary/aromatic N) is 2. The number of rotatable bonds is 13. The Hall–Kier alpha value is -3.85. The van der Waals surface area contributed by atoms with Crippen molar-refractivity contribution in [2.75, 3.05) is 17.4 Å². The average molecular weight is 667 g/mol. The molecule has 0 bridgehead atoms. The Labute approximate surface area is 275 Å². The van der Waals surface area contributed by atoms with E-state index in [1.54, 1.807) is 60.7 Å². The van der Waals surface area contributed by atoms with Gasteiger partial charge < -0.3 is 10.2 Å². The van der Waals surface area contributed by atoms with Crippen molar-refractivity contribution in [3.63, 3.8) is 0 Å². The van der Waals surface area contributed by atoms with Crippen LogP contribution in [-0.4, -0.2) is 44.3 Å². The van der Waals surface area contributed by atoms with Crippen molar-refractivity contribution in [1.82, 2.24) is 10.2 Å². The maximum Gasteiger partial charge on any atom is 0.264 e. The van der Waals surface area contributed by atoms with Crippen LogP contribution in [0.5, 0.6) is 0 Å². The van der Waals surface area contributed by atoms with Crippen LogP contribution >= 0.6 is 23.2 Å². The Morgan fingerprint density at radius 3 is 2.04 bits per heavy atom. The number of sulfonamides is 1. The van der Waals surface area contributed by atoms with Crippen LogP contribution in [0.1, 0.15) is 30.5 Å². The minimum absolute atomic E-state index is 0.0144. The molecule has 2 amide bonds. The molecule has 0 fully saturated rings. The van der Waals surface area contributed by atoms with Crippen molar-refractivity contribution >= 4 is 50.7 Å². The molecule has 236 valence electrons. The number of amides is 2. The monoisotopic (exact) mass is 665 g/mol. The predicted octanol–water partition coefficient (Wildman–Crippen LogP) is 6.91. The van der Waals surface area contributed by atoms with Gasteiger partial charge in [-0.1, -0.05) is 109 Å². The van der Waals surface area contributed by atoms with E-state index in [0.29, 0.717) is 11.6 Å². The second-order valence-corrected chi connectivity index (χ2v) is 14.0. The summed E-state index contributed by atoms with van der Waals surface area (Å²) in [6.45, 7) is 5.71. The van der Waals surface area contributed by atoms with Gasteiger partial charge in [0, 0.05) is 24.5 Å². The van der Waals surface area contributed by atoms with Crippen molar-refractivity contribution in [2.45, 2.75) is 44.7 Å². The first-order chi connectivity index (χ1) is 21.5. The molecule has 7 nitrogen and oxygen atoms in total. The Bertz CT molecular complexity index is 1700. The van der Waals surface area contributed by atoms with Crippen molar-refractivity contribution < 1.29 is 18.0 Å². The van der Waals surface area contributed by atoms with E-state index in [-0.39, 0.29) is 40.4 Å². The molecule has 4 aromatic carbocycles. The summed E-state index contributed by atoms with van der Waals surface area (Å²) in [5.74, 6) is -0.719. The zero-order valence-corrected chi connectivity index (χ0v) is 27.8. The zero-order chi connectivity index (χ0) is 32.6. The Morgan fingerprint density at radius 1 is 0.800 bits per heavy atom.